The summed E-state index contributed by atoms with van der Waals surface area (Å²) in [4.78, 5) is 12.1. The lowest BCUT2D eigenvalue weighted by Crippen LogP contribution is -2.50. The minimum absolute atomic E-state index is 0.0542. The number of hydrogen-bond donors (Lipinski definition) is 1. The van der Waals surface area contributed by atoms with Crippen LogP contribution in [-0.2, 0) is 4.74 Å². The number of carbonyl (C=O) groups excluding carboxylic acids is 1. The third-order valence-corrected chi connectivity index (χ3v) is 3.95. The lowest BCUT2D eigenvalue weighted by Gasteiger charge is -2.28. The Kier molecular flexibility index (Phi) is 3.73. The average Bonchev–Trinajstić information content (AvgIpc) is 2.58. The van der Waals surface area contributed by atoms with Gasteiger partial charge in [-0.25, -0.2) is 4.39 Å². The quantitative estimate of drug-likeness (QED) is 0.911. The van der Waals surface area contributed by atoms with Gasteiger partial charge in [0.25, 0.3) is 5.91 Å². The molecule has 0 radical (unpaired) electrons. The van der Waals surface area contributed by atoms with Crippen LogP contribution in [0.25, 0.3) is 0 Å². The number of hydrogen-bond acceptors (Lipinski definition) is 2. The van der Waals surface area contributed by atoms with Gasteiger partial charge in [0, 0.05) is 11.1 Å². The van der Waals surface area contributed by atoms with Crippen molar-refractivity contribution < 1.29 is 13.9 Å². The van der Waals surface area contributed by atoms with Crippen molar-refractivity contribution in [3.8, 4) is 0 Å². The molecule has 0 spiro atoms. The number of carbonyl (C=O) groups is 1. The van der Waals surface area contributed by atoms with Crippen molar-refractivity contribution in [2.75, 3.05) is 6.61 Å². The molecule has 1 heterocycles. The Hall–Kier alpha value is -0.940. The van der Waals surface area contributed by atoms with E-state index in [1.165, 1.54) is 12.1 Å². The first-order valence-electron chi connectivity index (χ1n) is 5.81. The van der Waals surface area contributed by atoms with Crippen LogP contribution in [0.4, 0.5) is 4.39 Å². The first kappa shape index (κ1) is 13.5. The molecule has 0 aromatic heterocycles. The van der Waals surface area contributed by atoms with Gasteiger partial charge >= 0.3 is 0 Å². The summed E-state index contributed by atoms with van der Waals surface area (Å²) in [6, 6.07) is 4.40. The summed E-state index contributed by atoms with van der Waals surface area (Å²) >= 11 is 3.16. The molecule has 3 nitrogen and oxygen atoms in total. The zero-order valence-corrected chi connectivity index (χ0v) is 11.9. The lowest BCUT2D eigenvalue weighted by atomic mass is 9.94. The van der Waals surface area contributed by atoms with E-state index in [0.717, 1.165) is 6.42 Å². The average molecular weight is 316 g/mol. The van der Waals surface area contributed by atoms with Crippen molar-refractivity contribution >= 4 is 21.8 Å². The van der Waals surface area contributed by atoms with Crippen LogP contribution in [0, 0.1) is 5.82 Å². The van der Waals surface area contributed by atoms with Crippen LogP contribution in [0.3, 0.4) is 0 Å². The van der Waals surface area contributed by atoms with Crippen molar-refractivity contribution in [3.63, 3.8) is 0 Å². The topological polar surface area (TPSA) is 38.3 Å². The van der Waals surface area contributed by atoms with Crippen LogP contribution in [0.2, 0.25) is 0 Å². The third kappa shape index (κ3) is 2.57. The summed E-state index contributed by atoms with van der Waals surface area (Å²) in [5.74, 6) is -0.933. The standard InChI is InChI=1S/C13H15BrFNO2/c1-8-13(2,5-6-18-8)16-12(17)10-4-3-9(14)7-11(10)15/h3-4,7-8H,5-6H2,1-2H3,(H,16,17). The molecule has 1 fully saturated rings. The van der Waals surface area contributed by atoms with E-state index in [1.54, 1.807) is 6.07 Å². The van der Waals surface area contributed by atoms with Gasteiger partial charge in [-0.05, 0) is 38.5 Å². The molecule has 0 aliphatic carbocycles. The van der Waals surface area contributed by atoms with Crippen LogP contribution in [0.15, 0.2) is 22.7 Å². The van der Waals surface area contributed by atoms with Crippen molar-refractivity contribution in [2.24, 2.45) is 0 Å². The van der Waals surface area contributed by atoms with Crippen LogP contribution in [0.1, 0.15) is 30.6 Å². The van der Waals surface area contributed by atoms with Gasteiger partial charge < -0.3 is 10.1 Å². The molecule has 18 heavy (non-hydrogen) atoms. The molecule has 2 rings (SSSR count). The number of benzene rings is 1. The van der Waals surface area contributed by atoms with Gasteiger partial charge in [-0.2, -0.15) is 0 Å². The van der Waals surface area contributed by atoms with Gasteiger partial charge in [-0.15, -0.1) is 0 Å². The molecule has 1 aromatic rings. The fourth-order valence-corrected chi connectivity index (χ4v) is 2.33. The van der Waals surface area contributed by atoms with E-state index in [9.17, 15) is 9.18 Å². The summed E-state index contributed by atoms with van der Waals surface area (Å²) in [5.41, 5.74) is -0.380. The third-order valence-electron chi connectivity index (χ3n) is 3.46. The van der Waals surface area contributed by atoms with E-state index < -0.39 is 17.3 Å². The molecule has 1 aliphatic rings. The number of nitrogens with one attached hydrogen (secondary N) is 1. The van der Waals surface area contributed by atoms with E-state index in [0.29, 0.717) is 11.1 Å². The summed E-state index contributed by atoms with van der Waals surface area (Å²) in [6.45, 7) is 4.44. The molecular formula is C13H15BrFNO2. The number of rotatable bonds is 2. The van der Waals surface area contributed by atoms with E-state index in [4.69, 9.17) is 4.74 Å². The first-order valence-corrected chi connectivity index (χ1v) is 6.61. The molecule has 1 amide bonds. The Morgan fingerprint density at radius 1 is 1.61 bits per heavy atom. The number of ether oxygens (including phenoxy) is 1. The van der Waals surface area contributed by atoms with Crippen molar-refractivity contribution in [1.82, 2.24) is 5.32 Å². The Morgan fingerprint density at radius 3 is 2.89 bits per heavy atom. The molecule has 1 aromatic carbocycles. The molecule has 5 heteroatoms. The Balaban J connectivity index is 2.17. The molecule has 0 saturated carbocycles. The maximum atomic E-state index is 13.7. The second kappa shape index (κ2) is 4.97. The largest absolute Gasteiger partial charge is 0.376 e. The van der Waals surface area contributed by atoms with E-state index >= 15 is 0 Å². The highest BCUT2D eigenvalue weighted by atomic mass is 79.9. The highest BCUT2D eigenvalue weighted by molar-refractivity contribution is 9.10. The monoisotopic (exact) mass is 315 g/mol. The zero-order chi connectivity index (χ0) is 13.3. The normalized spacial score (nSPS) is 27.2. The molecule has 1 saturated heterocycles. The summed E-state index contributed by atoms with van der Waals surface area (Å²) in [5, 5.41) is 2.86. The summed E-state index contributed by atoms with van der Waals surface area (Å²) in [6.07, 6.45) is 0.665. The minimum atomic E-state index is -0.531. The molecular weight excluding hydrogens is 301 g/mol. The van der Waals surface area contributed by atoms with Gasteiger partial charge in [-0.1, -0.05) is 15.9 Å². The Morgan fingerprint density at radius 2 is 2.33 bits per heavy atom. The zero-order valence-electron chi connectivity index (χ0n) is 10.3. The van der Waals surface area contributed by atoms with E-state index in [-0.39, 0.29) is 11.7 Å². The Labute approximate surface area is 114 Å². The van der Waals surface area contributed by atoms with E-state index in [1.807, 2.05) is 13.8 Å². The molecule has 1 aliphatic heterocycles. The molecule has 0 bridgehead atoms. The smallest absolute Gasteiger partial charge is 0.254 e. The second-order valence-electron chi connectivity index (χ2n) is 4.76. The number of amides is 1. The van der Waals surface area contributed by atoms with Gasteiger partial charge in [-0.3, -0.25) is 4.79 Å². The maximum Gasteiger partial charge on any atom is 0.254 e. The SMILES string of the molecule is CC1OCCC1(C)NC(=O)c1ccc(Br)cc1F. The minimum Gasteiger partial charge on any atom is -0.376 e. The molecule has 2 unspecified atom stereocenters. The van der Waals surface area contributed by atoms with Gasteiger partial charge in [0.05, 0.1) is 17.2 Å². The fraction of sp³-hybridized carbons (Fsp3) is 0.462. The highest BCUT2D eigenvalue weighted by Gasteiger charge is 2.38. The molecule has 98 valence electrons. The lowest BCUT2D eigenvalue weighted by molar-refractivity contribution is 0.0724. The van der Waals surface area contributed by atoms with Crippen LogP contribution in [-0.4, -0.2) is 24.2 Å². The highest BCUT2D eigenvalue weighted by Crippen LogP contribution is 2.26. The summed E-state index contributed by atoms with van der Waals surface area (Å²) < 4.78 is 19.7. The summed E-state index contributed by atoms with van der Waals surface area (Å²) in [7, 11) is 0. The van der Waals surface area contributed by atoms with E-state index in [2.05, 4.69) is 21.2 Å². The van der Waals surface area contributed by atoms with Crippen LogP contribution >= 0.6 is 15.9 Å². The van der Waals surface area contributed by atoms with Crippen molar-refractivity contribution in [3.05, 3.63) is 34.1 Å². The first-order chi connectivity index (χ1) is 8.42. The van der Waals surface area contributed by atoms with Crippen LogP contribution in [0.5, 0.6) is 0 Å². The van der Waals surface area contributed by atoms with Gasteiger partial charge in [0.2, 0.25) is 0 Å². The van der Waals surface area contributed by atoms with Gasteiger partial charge in [0.1, 0.15) is 5.82 Å². The van der Waals surface area contributed by atoms with Gasteiger partial charge in [0.15, 0.2) is 0 Å². The van der Waals surface area contributed by atoms with Crippen molar-refractivity contribution in [1.29, 1.82) is 0 Å². The molecule has 2 atom stereocenters. The fourth-order valence-electron chi connectivity index (χ4n) is 2.00. The number of halogens is 2. The second-order valence-corrected chi connectivity index (χ2v) is 5.67. The molecule has 1 N–H and O–H groups in total. The maximum absolute atomic E-state index is 13.7. The van der Waals surface area contributed by atoms with Crippen LogP contribution < -0.4 is 5.32 Å². The van der Waals surface area contributed by atoms with Crippen molar-refractivity contribution in [2.45, 2.75) is 31.9 Å². The predicted octanol–water partition coefficient (Wildman–Crippen LogP) is 2.89. The predicted molar refractivity (Wildman–Crippen MR) is 70.0 cm³/mol. The Bertz CT molecular complexity index is 480.